The molecule has 0 heterocycles. The third-order valence-corrected chi connectivity index (χ3v) is 3.19. The van der Waals surface area contributed by atoms with E-state index in [1.807, 2.05) is 12.1 Å². The quantitative estimate of drug-likeness (QED) is 0.820. The maximum absolute atomic E-state index is 6.08. The summed E-state index contributed by atoms with van der Waals surface area (Å²) in [5.74, 6) is 0.989. The minimum atomic E-state index is 0.0442. The second-order valence-corrected chi connectivity index (χ2v) is 4.49. The normalized spacial score (nSPS) is 18.3. The molecule has 2 heteroatoms. The summed E-state index contributed by atoms with van der Waals surface area (Å²) in [4.78, 5) is 0. The number of hydrogen-bond donors (Lipinski definition) is 1. The van der Waals surface area contributed by atoms with Gasteiger partial charge >= 0.3 is 0 Å². The van der Waals surface area contributed by atoms with Crippen molar-refractivity contribution in [3.05, 3.63) is 29.8 Å². The average molecular weight is 205 g/mol. The van der Waals surface area contributed by atoms with Crippen LogP contribution >= 0.6 is 0 Å². The molecular weight excluding hydrogens is 186 g/mol. The minimum absolute atomic E-state index is 0.0442. The first-order valence-electron chi connectivity index (χ1n) is 5.70. The fourth-order valence-electron chi connectivity index (χ4n) is 2.17. The molecule has 0 saturated heterocycles. The van der Waals surface area contributed by atoms with Crippen molar-refractivity contribution in [1.82, 2.24) is 0 Å². The van der Waals surface area contributed by atoms with Crippen LogP contribution < -0.4 is 10.5 Å². The molecule has 1 aliphatic carbocycles. The first-order chi connectivity index (χ1) is 7.24. The molecule has 1 aromatic rings. The molecule has 0 amide bonds. The van der Waals surface area contributed by atoms with E-state index in [-0.39, 0.29) is 5.60 Å². The lowest BCUT2D eigenvalue weighted by Gasteiger charge is -2.42. The summed E-state index contributed by atoms with van der Waals surface area (Å²) in [5, 5.41) is 0. The molecule has 0 atom stereocenters. The van der Waals surface area contributed by atoms with Crippen LogP contribution in [0.25, 0.3) is 0 Å². The van der Waals surface area contributed by atoms with Gasteiger partial charge in [-0.05, 0) is 56.8 Å². The largest absolute Gasteiger partial charge is 0.487 e. The van der Waals surface area contributed by atoms with Gasteiger partial charge in [-0.15, -0.1) is 0 Å². The Balaban J connectivity index is 2.06. The molecule has 1 saturated carbocycles. The van der Waals surface area contributed by atoms with E-state index in [9.17, 15) is 0 Å². The lowest BCUT2D eigenvalue weighted by atomic mass is 9.77. The molecule has 15 heavy (non-hydrogen) atoms. The van der Waals surface area contributed by atoms with Crippen LogP contribution in [-0.4, -0.2) is 12.1 Å². The second kappa shape index (κ2) is 4.23. The second-order valence-electron chi connectivity index (χ2n) is 4.49. The van der Waals surface area contributed by atoms with Crippen LogP contribution in [0.5, 0.6) is 5.75 Å². The predicted molar refractivity (Wildman–Crippen MR) is 62.1 cm³/mol. The molecule has 0 radical (unpaired) electrons. The van der Waals surface area contributed by atoms with Gasteiger partial charge < -0.3 is 10.5 Å². The third-order valence-electron chi connectivity index (χ3n) is 3.19. The fourth-order valence-corrected chi connectivity index (χ4v) is 2.17. The third kappa shape index (κ3) is 2.32. The van der Waals surface area contributed by atoms with E-state index in [0.717, 1.165) is 25.0 Å². The van der Waals surface area contributed by atoms with Gasteiger partial charge in [-0.2, -0.15) is 0 Å². The van der Waals surface area contributed by atoms with Crippen molar-refractivity contribution in [3.8, 4) is 5.75 Å². The zero-order chi connectivity index (χ0) is 10.7. The summed E-state index contributed by atoms with van der Waals surface area (Å²) in [6, 6.07) is 8.25. The lowest BCUT2D eigenvalue weighted by molar-refractivity contribution is -0.0125. The van der Waals surface area contributed by atoms with Crippen molar-refractivity contribution < 1.29 is 4.74 Å². The average Bonchev–Trinajstić information content (AvgIpc) is 2.15. The van der Waals surface area contributed by atoms with Gasteiger partial charge in [0, 0.05) is 0 Å². The number of ether oxygens (including phenoxy) is 1. The van der Waals surface area contributed by atoms with Crippen molar-refractivity contribution in [2.24, 2.45) is 5.73 Å². The van der Waals surface area contributed by atoms with Gasteiger partial charge in [0.1, 0.15) is 11.4 Å². The van der Waals surface area contributed by atoms with Crippen LogP contribution in [0, 0.1) is 6.92 Å². The van der Waals surface area contributed by atoms with E-state index < -0.39 is 0 Å². The van der Waals surface area contributed by atoms with E-state index in [1.54, 1.807) is 0 Å². The van der Waals surface area contributed by atoms with Gasteiger partial charge in [0.15, 0.2) is 0 Å². The molecule has 1 aromatic carbocycles. The highest BCUT2D eigenvalue weighted by atomic mass is 16.5. The number of hydrogen-bond acceptors (Lipinski definition) is 2. The molecule has 2 N–H and O–H groups in total. The van der Waals surface area contributed by atoms with E-state index in [4.69, 9.17) is 10.5 Å². The van der Waals surface area contributed by atoms with E-state index in [1.165, 1.54) is 12.0 Å². The van der Waals surface area contributed by atoms with Gasteiger partial charge in [0.05, 0.1) is 0 Å². The van der Waals surface area contributed by atoms with Crippen LogP contribution in [0.1, 0.15) is 31.2 Å². The summed E-state index contributed by atoms with van der Waals surface area (Å²) in [7, 11) is 0. The standard InChI is InChI=1S/C13H19NO/c1-11-4-2-5-12(10-11)15-13(8-9-14)6-3-7-13/h2,4-5,10H,3,6-9,14H2,1H3. The Labute approximate surface area is 91.4 Å². The fraction of sp³-hybridized carbons (Fsp3) is 0.538. The molecule has 2 nitrogen and oxygen atoms in total. The van der Waals surface area contributed by atoms with Crippen LogP contribution in [0.15, 0.2) is 24.3 Å². The van der Waals surface area contributed by atoms with Crippen LogP contribution in [-0.2, 0) is 0 Å². The Morgan fingerprint density at radius 1 is 1.40 bits per heavy atom. The number of nitrogens with two attached hydrogens (primary N) is 1. The van der Waals surface area contributed by atoms with E-state index in [0.29, 0.717) is 6.54 Å². The van der Waals surface area contributed by atoms with E-state index in [2.05, 4.69) is 19.1 Å². The molecule has 0 spiro atoms. The van der Waals surface area contributed by atoms with Crippen LogP contribution in [0.2, 0.25) is 0 Å². The maximum Gasteiger partial charge on any atom is 0.120 e. The maximum atomic E-state index is 6.08. The minimum Gasteiger partial charge on any atom is -0.487 e. The zero-order valence-electron chi connectivity index (χ0n) is 9.33. The van der Waals surface area contributed by atoms with Crippen molar-refractivity contribution >= 4 is 0 Å². The molecule has 0 aromatic heterocycles. The molecule has 1 fully saturated rings. The Kier molecular flexibility index (Phi) is 2.96. The van der Waals surface area contributed by atoms with Crippen LogP contribution in [0.4, 0.5) is 0 Å². The first-order valence-corrected chi connectivity index (χ1v) is 5.70. The van der Waals surface area contributed by atoms with Gasteiger partial charge in [-0.25, -0.2) is 0 Å². The monoisotopic (exact) mass is 205 g/mol. The van der Waals surface area contributed by atoms with Crippen molar-refractivity contribution in [2.75, 3.05) is 6.54 Å². The van der Waals surface area contributed by atoms with Crippen molar-refractivity contribution in [2.45, 2.75) is 38.2 Å². The molecular formula is C13H19NO. The highest BCUT2D eigenvalue weighted by Crippen LogP contribution is 2.39. The van der Waals surface area contributed by atoms with Crippen molar-refractivity contribution in [3.63, 3.8) is 0 Å². The molecule has 82 valence electrons. The number of aryl methyl sites for hydroxylation is 1. The van der Waals surface area contributed by atoms with Gasteiger partial charge in [-0.3, -0.25) is 0 Å². The highest BCUT2D eigenvalue weighted by Gasteiger charge is 2.38. The summed E-state index contributed by atoms with van der Waals surface area (Å²) >= 11 is 0. The lowest BCUT2D eigenvalue weighted by Crippen LogP contribution is -2.44. The predicted octanol–water partition coefficient (Wildman–Crippen LogP) is 2.65. The van der Waals surface area contributed by atoms with Gasteiger partial charge in [0.2, 0.25) is 0 Å². The summed E-state index contributed by atoms with van der Waals surface area (Å²) in [6.07, 6.45) is 4.54. The Bertz CT molecular complexity index is 331. The summed E-state index contributed by atoms with van der Waals surface area (Å²) < 4.78 is 6.08. The Morgan fingerprint density at radius 2 is 2.20 bits per heavy atom. The molecule has 0 unspecified atom stereocenters. The first kappa shape index (κ1) is 10.5. The molecule has 1 aliphatic rings. The highest BCUT2D eigenvalue weighted by molar-refractivity contribution is 5.28. The zero-order valence-corrected chi connectivity index (χ0v) is 9.33. The molecule has 2 rings (SSSR count). The Morgan fingerprint density at radius 3 is 2.73 bits per heavy atom. The summed E-state index contributed by atoms with van der Waals surface area (Å²) in [5.41, 5.74) is 6.92. The SMILES string of the molecule is Cc1cccc(OC2(CCN)CCC2)c1. The smallest absolute Gasteiger partial charge is 0.120 e. The van der Waals surface area contributed by atoms with Gasteiger partial charge in [-0.1, -0.05) is 12.1 Å². The van der Waals surface area contributed by atoms with E-state index >= 15 is 0 Å². The van der Waals surface area contributed by atoms with Crippen molar-refractivity contribution in [1.29, 1.82) is 0 Å². The number of rotatable bonds is 4. The Hall–Kier alpha value is -1.02. The summed E-state index contributed by atoms with van der Waals surface area (Å²) in [6.45, 7) is 2.80. The molecule has 0 aliphatic heterocycles. The van der Waals surface area contributed by atoms with Gasteiger partial charge in [0.25, 0.3) is 0 Å². The number of benzene rings is 1. The molecule has 0 bridgehead atoms. The topological polar surface area (TPSA) is 35.2 Å². The van der Waals surface area contributed by atoms with Crippen LogP contribution in [0.3, 0.4) is 0 Å².